The first-order valence-electron chi connectivity index (χ1n) is 8.66. The molecule has 0 bridgehead atoms. The SMILES string of the molecule is CC(C)(C)[Si](C)(C)Oc1cc2cnn(C3CCCCO3)c2cc1Br. The number of ether oxygens (including phenoxy) is 1. The third-order valence-electron chi connectivity index (χ3n) is 5.25. The number of nitrogens with zero attached hydrogens (tertiary/aromatic N) is 2. The summed E-state index contributed by atoms with van der Waals surface area (Å²) in [6.07, 6.45) is 5.33. The van der Waals surface area contributed by atoms with Crippen LogP contribution in [0.4, 0.5) is 0 Å². The summed E-state index contributed by atoms with van der Waals surface area (Å²) in [7, 11) is -1.87. The minimum Gasteiger partial charge on any atom is -0.543 e. The van der Waals surface area contributed by atoms with Crippen molar-refractivity contribution in [1.82, 2.24) is 9.78 Å². The minimum atomic E-state index is -1.87. The van der Waals surface area contributed by atoms with Gasteiger partial charge >= 0.3 is 0 Å². The molecule has 0 aliphatic carbocycles. The molecule has 1 aliphatic heterocycles. The highest BCUT2D eigenvalue weighted by Crippen LogP contribution is 2.40. The van der Waals surface area contributed by atoms with Crippen LogP contribution in [0.2, 0.25) is 18.1 Å². The van der Waals surface area contributed by atoms with E-state index in [9.17, 15) is 0 Å². The zero-order valence-corrected chi connectivity index (χ0v) is 17.8. The van der Waals surface area contributed by atoms with Gasteiger partial charge in [0.25, 0.3) is 8.32 Å². The van der Waals surface area contributed by atoms with E-state index in [0.29, 0.717) is 0 Å². The molecule has 0 amide bonds. The van der Waals surface area contributed by atoms with E-state index in [1.54, 1.807) is 0 Å². The van der Waals surface area contributed by atoms with Crippen molar-refractivity contribution in [1.29, 1.82) is 0 Å². The van der Waals surface area contributed by atoms with E-state index >= 15 is 0 Å². The first-order valence-corrected chi connectivity index (χ1v) is 12.4. The van der Waals surface area contributed by atoms with E-state index in [0.717, 1.165) is 40.6 Å². The molecule has 4 nitrogen and oxygen atoms in total. The molecule has 3 rings (SSSR count). The van der Waals surface area contributed by atoms with Gasteiger partial charge in [0.2, 0.25) is 0 Å². The van der Waals surface area contributed by atoms with Gasteiger partial charge in [-0.15, -0.1) is 0 Å². The Kier molecular flexibility index (Phi) is 4.83. The number of aromatic nitrogens is 2. The maximum absolute atomic E-state index is 6.48. The van der Waals surface area contributed by atoms with E-state index < -0.39 is 8.32 Å². The van der Waals surface area contributed by atoms with Crippen LogP contribution in [0.25, 0.3) is 10.9 Å². The predicted octanol–water partition coefficient (Wildman–Crippen LogP) is 5.88. The fourth-order valence-electron chi connectivity index (χ4n) is 2.70. The predicted molar refractivity (Wildman–Crippen MR) is 104 cm³/mol. The Bertz CT molecular complexity index is 730. The van der Waals surface area contributed by atoms with Gasteiger partial charge in [0.05, 0.1) is 16.2 Å². The third-order valence-corrected chi connectivity index (χ3v) is 10.2. The van der Waals surface area contributed by atoms with Crippen molar-refractivity contribution in [2.75, 3.05) is 6.61 Å². The number of benzene rings is 1. The van der Waals surface area contributed by atoms with Gasteiger partial charge in [-0.25, -0.2) is 4.68 Å². The lowest BCUT2D eigenvalue weighted by atomic mass is 10.2. The Labute approximate surface area is 153 Å². The van der Waals surface area contributed by atoms with Gasteiger partial charge in [-0.05, 0) is 65.5 Å². The molecule has 2 heterocycles. The normalized spacial score (nSPS) is 19.7. The van der Waals surface area contributed by atoms with Crippen LogP contribution in [0.15, 0.2) is 22.8 Å². The smallest absolute Gasteiger partial charge is 0.250 e. The van der Waals surface area contributed by atoms with E-state index in [-0.39, 0.29) is 11.3 Å². The van der Waals surface area contributed by atoms with Crippen LogP contribution in [0.3, 0.4) is 0 Å². The van der Waals surface area contributed by atoms with Gasteiger partial charge in [0.1, 0.15) is 5.75 Å². The summed E-state index contributed by atoms with van der Waals surface area (Å²) < 4.78 is 15.4. The average molecular weight is 411 g/mol. The van der Waals surface area contributed by atoms with Crippen molar-refractivity contribution in [3.8, 4) is 5.75 Å². The molecule has 6 heteroatoms. The zero-order valence-electron chi connectivity index (χ0n) is 15.2. The summed E-state index contributed by atoms with van der Waals surface area (Å²) in [6.45, 7) is 12.1. The Balaban J connectivity index is 1.94. The highest BCUT2D eigenvalue weighted by Gasteiger charge is 2.39. The molecule has 0 radical (unpaired) electrons. The molecule has 24 heavy (non-hydrogen) atoms. The average Bonchev–Trinajstić information content (AvgIpc) is 2.90. The largest absolute Gasteiger partial charge is 0.543 e. The molecule has 132 valence electrons. The fraction of sp³-hybridized carbons (Fsp3) is 0.611. The maximum Gasteiger partial charge on any atom is 0.250 e. The molecule has 0 spiro atoms. The van der Waals surface area contributed by atoms with Crippen LogP contribution in [0, 0.1) is 0 Å². The van der Waals surface area contributed by atoms with Crippen molar-refractivity contribution < 1.29 is 9.16 Å². The molecule has 2 aromatic rings. The van der Waals surface area contributed by atoms with Gasteiger partial charge in [-0.3, -0.25) is 0 Å². The Morgan fingerprint density at radius 2 is 2.04 bits per heavy atom. The molecule has 1 aromatic heterocycles. The maximum atomic E-state index is 6.48. The van der Waals surface area contributed by atoms with E-state index in [1.165, 1.54) is 6.42 Å². The number of hydrogen-bond donors (Lipinski definition) is 0. The topological polar surface area (TPSA) is 36.3 Å². The molecule has 1 aliphatic rings. The molecule has 1 saturated heterocycles. The standard InChI is InChI=1S/C18H27BrN2O2Si/c1-18(2,3)24(4,5)23-16-10-13-12-20-21(15(13)11-14(16)19)17-8-6-7-9-22-17/h10-12,17H,6-9H2,1-5H3. The number of halogens is 1. The summed E-state index contributed by atoms with van der Waals surface area (Å²) in [5.74, 6) is 0.915. The van der Waals surface area contributed by atoms with Crippen LogP contribution in [0.1, 0.15) is 46.3 Å². The lowest BCUT2D eigenvalue weighted by Gasteiger charge is -2.36. The second-order valence-electron chi connectivity index (χ2n) is 8.11. The second-order valence-corrected chi connectivity index (χ2v) is 13.7. The molecule has 1 fully saturated rings. The van der Waals surface area contributed by atoms with Crippen LogP contribution < -0.4 is 4.43 Å². The first-order chi connectivity index (χ1) is 11.2. The zero-order chi connectivity index (χ0) is 17.5. The summed E-state index contributed by atoms with van der Waals surface area (Å²) >= 11 is 3.69. The van der Waals surface area contributed by atoms with Crippen LogP contribution in [-0.4, -0.2) is 24.7 Å². The van der Waals surface area contributed by atoms with Crippen LogP contribution >= 0.6 is 15.9 Å². The summed E-state index contributed by atoms with van der Waals surface area (Å²) in [6, 6.07) is 4.22. The molecular formula is C18H27BrN2O2Si. The van der Waals surface area contributed by atoms with Crippen molar-refractivity contribution >= 4 is 35.2 Å². The van der Waals surface area contributed by atoms with Crippen LogP contribution in [0.5, 0.6) is 5.75 Å². The van der Waals surface area contributed by atoms with Gasteiger partial charge in [-0.2, -0.15) is 5.10 Å². The quantitative estimate of drug-likeness (QED) is 0.592. The lowest BCUT2D eigenvalue weighted by molar-refractivity contribution is -0.0366. The van der Waals surface area contributed by atoms with E-state index in [1.807, 2.05) is 10.9 Å². The molecular weight excluding hydrogens is 384 g/mol. The molecule has 0 saturated carbocycles. The first kappa shape index (κ1) is 18.0. The fourth-order valence-corrected chi connectivity index (χ4v) is 4.29. The molecule has 0 N–H and O–H groups in total. The summed E-state index contributed by atoms with van der Waals surface area (Å²) in [5, 5.41) is 5.84. The van der Waals surface area contributed by atoms with Gasteiger partial charge in [0.15, 0.2) is 6.23 Å². The van der Waals surface area contributed by atoms with Crippen molar-refractivity contribution in [3.63, 3.8) is 0 Å². The summed E-state index contributed by atoms with van der Waals surface area (Å²) in [4.78, 5) is 0. The van der Waals surface area contributed by atoms with E-state index in [4.69, 9.17) is 9.16 Å². The van der Waals surface area contributed by atoms with Crippen molar-refractivity contribution in [2.24, 2.45) is 0 Å². The lowest BCUT2D eigenvalue weighted by Crippen LogP contribution is -2.43. The minimum absolute atomic E-state index is 0.0512. The Morgan fingerprint density at radius 3 is 2.67 bits per heavy atom. The number of hydrogen-bond acceptors (Lipinski definition) is 3. The monoisotopic (exact) mass is 410 g/mol. The number of rotatable bonds is 3. The van der Waals surface area contributed by atoms with Gasteiger partial charge < -0.3 is 9.16 Å². The Hall–Kier alpha value is -0.853. The molecule has 1 atom stereocenters. The van der Waals surface area contributed by atoms with Gasteiger partial charge in [-0.1, -0.05) is 20.8 Å². The highest BCUT2D eigenvalue weighted by molar-refractivity contribution is 9.10. The van der Waals surface area contributed by atoms with Crippen molar-refractivity contribution in [3.05, 3.63) is 22.8 Å². The highest BCUT2D eigenvalue weighted by atomic mass is 79.9. The van der Waals surface area contributed by atoms with Gasteiger partial charge in [0, 0.05) is 12.0 Å². The second kappa shape index (κ2) is 6.46. The van der Waals surface area contributed by atoms with Crippen molar-refractivity contribution in [2.45, 2.75) is 64.4 Å². The van der Waals surface area contributed by atoms with Crippen LogP contribution in [-0.2, 0) is 4.74 Å². The molecule has 1 aromatic carbocycles. The summed E-state index contributed by atoms with van der Waals surface area (Å²) in [5.41, 5.74) is 1.09. The van der Waals surface area contributed by atoms with E-state index in [2.05, 4.69) is 67.0 Å². The third kappa shape index (κ3) is 3.41. The molecule has 1 unspecified atom stereocenters. The number of fused-ring (bicyclic) bond motifs is 1. The Morgan fingerprint density at radius 1 is 1.29 bits per heavy atom.